The van der Waals surface area contributed by atoms with Crippen molar-refractivity contribution in [2.75, 3.05) is 0 Å². The van der Waals surface area contributed by atoms with Crippen LogP contribution >= 0.6 is 0 Å². The van der Waals surface area contributed by atoms with Gasteiger partial charge in [-0.3, -0.25) is 9.59 Å². The summed E-state index contributed by atoms with van der Waals surface area (Å²) in [7, 11) is 0. The molecule has 10 nitrogen and oxygen atoms in total. The smallest absolute Gasteiger partial charge is 0.264 e. The molecule has 2 heterocycles. The van der Waals surface area contributed by atoms with Crippen LogP contribution in [0, 0.1) is 0 Å². The molecule has 0 spiro atoms. The van der Waals surface area contributed by atoms with Crippen LogP contribution in [-0.2, 0) is 22.7 Å². The van der Waals surface area contributed by atoms with Crippen LogP contribution in [0.3, 0.4) is 0 Å². The maximum Gasteiger partial charge on any atom is 0.264 e. The summed E-state index contributed by atoms with van der Waals surface area (Å²) >= 11 is 0. The molecule has 2 aromatic heterocycles. The van der Waals surface area contributed by atoms with E-state index >= 15 is 0 Å². The van der Waals surface area contributed by atoms with Crippen molar-refractivity contribution >= 4 is 45.0 Å². The van der Waals surface area contributed by atoms with Gasteiger partial charge in [0.05, 0.1) is 11.0 Å². The fourth-order valence-corrected chi connectivity index (χ4v) is 4.34. The first-order valence-electron chi connectivity index (χ1n) is 12.5. The van der Waals surface area contributed by atoms with Crippen LogP contribution in [0.15, 0.2) is 69.0 Å². The molecular formula is C27H30N6O4. The van der Waals surface area contributed by atoms with Crippen molar-refractivity contribution in [1.29, 1.82) is 0 Å². The van der Waals surface area contributed by atoms with Gasteiger partial charge in [-0.2, -0.15) is 0 Å². The highest BCUT2D eigenvalue weighted by atomic mass is 16.3. The van der Waals surface area contributed by atoms with Gasteiger partial charge in [0, 0.05) is 36.7 Å². The molecule has 0 unspecified atom stereocenters. The molecule has 0 bridgehead atoms. The third-order valence-electron chi connectivity index (χ3n) is 6.03. The number of fused-ring (bicyclic) bond motifs is 2. The van der Waals surface area contributed by atoms with E-state index in [-0.39, 0.29) is 42.4 Å². The number of benzene rings is 2. The SMILES string of the molecule is CCCn1c(O)c(N=NC(=O)CCCC(=O)N=Nc2c(O)n(CCC)c3ccccc23)c2ccccc21. The molecule has 192 valence electrons. The monoisotopic (exact) mass is 502 g/mol. The number of amides is 2. The first-order chi connectivity index (χ1) is 18.0. The van der Waals surface area contributed by atoms with Crippen molar-refractivity contribution in [3.8, 4) is 11.8 Å². The predicted octanol–water partition coefficient (Wildman–Crippen LogP) is 6.92. The maximum atomic E-state index is 12.3. The fourth-order valence-electron chi connectivity index (χ4n) is 4.34. The molecule has 0 atom stereocenters. The zero-order chi connectivity index (χ0) is 26.4. The summed E-state index contributed by atoms with van der Waals surface area (Å²) in [5.41, 5.74) is 2.15. The molecule has 0 aliphatic heterocycles. The highest BCUT2D eigenvalue weighted by Crippen LogP contribution is 2.40. The van der Waals surface area contributed by atoms with Crippen molar-refractivity contribution < 1.29 is 19.8 Å². The minimum atomic E-state index is -0.503. The van der Waals surface area contributed by atoms with Gasteiger partial charge in [0.25, 0.3) is 11.8 Å². The van der Waals surface area contributed by atoms with Crippen LogP contribution in [0.1, 0.15) is 46.0 Å². The number of hydrogen-bond acceptors (Lipinski definition) is 6. The van der Waals surface area contributed by atoms with E-state index in [9.17, 15) is 19.8 Å². The lowest BCUT2D eigenvalue weighted by Crippen LogP contribution is -1.97. The molecule has 0 saturated heterocycles. The molecule has 2 aromatic carbocycles. The molecule has 4 aromatic rings. The molecule has 37 heavy (non-hydrogen) atoms. The molecule has 10 heteroatoms. The number of nitrogens with zero attached hydrogens (tertiary/aromatic N) is 6. The third-order valence-corrected chi connectivity index (χ3v) is 6.03. The first-order valence-corrected chi connectivity index (χ1v) is 12.5. The van der Waals surface area contributed by atoms with Gasteiger partial charge in [-0.15, -0.1) is 20.5 Å². The predicted molar refractivity (Wildman–Crippen MR) is 141 cm³/mol. The number of carbonyl (C=O) groups excluding carboxylic acids is 2. The van der Waals surface area contributed by atoms with Gasteiger partial charge < -0.3 is 19.3 Å². The lowest BCUT2D eigenvalue weighted by Gasteiger charge is -2.03. The zero-order valence-electron chi connectivity index (χ0n) is 21.0. The lowest BCUT2D eigenvalue weighted by atomic mass is 10.2. The Bertz CT molecular complexity index is 1390. The summed E-state index contributed by atoms with van der Waals surface area (Å²) in [6.07, 6.45) is 1.88. The van der Waals surface area contributed by atoms with E-state index in [1.807, 2.05) is 62.4 Å². The number of hydrogen-bond donors (Lipinski definition) is 2. The zero-order valence-corrected chi connectivity index (χ0v) is 21.0. The van der Waals surface area contributed by atoms with Crippen LogP contribution in [0.25, 0.3) is 21.8 Å². The summed E-state index contributed by atoms with van der Waals surface area (Å²) < 4.78 is 3.49. The number of azo groups is 2. The van der Waals surface area contributed by atoms with Gasteiger partial charge in [0.15, 0.2) is 11.4 Å². The molecular weight excluding hydrogens is 472 g/mol. The summed E-state index contributed by atoms with van der Waals surface area (Å²) in [6.45, 7) is 5.24. The maximum absolute atomic E-state index is 12.3. The van der Waals surface area contributed by atoms with Crippen LogP contribution in [0.5, 0.6) is 11.8 Å². The molecule has 0 fully saturated rings. The number of carbonyl (C=O) groups is 2. The lowest BCUT2D eigenvalue weighted by molar-refractivity contribution is -0.119. The van der Waals surface area contributed by atoms with Crippen molar-refractivity contribution in [1.82, 2.24) is 9.13 Å². The van der Waals surface area contributed by atoms with E-state index in [1.165, 1.54) is 0 Å². The summed E-state index contributed by atoms with van der Waals surface area (Å²) in [5.74, 6) is -1.06. The van der Waals surface area contributed by atoms with E-state index < -0.39 is 11.8 Å². The van der Waals surface area contributed by atoms with E-state index in [0.29, 0.717) is 23.9 Å². The van der Waals surface area contributed by atoms with E-state index in [2.05, 4.69) is 20.5 Å². The van der Waals surface area contributed by atoms with Crippen LogP contribution in [0.4, 0.5) is 11.4 Å². The van der Waals surface area contributed by atoms with Crippen molar-refractivity contribution in [3.63, 3.8) is 0 Å². The molecule has 0 aliphatic rings. The van der Waals surface area contributed by atoms with Gasteiger partial charge in [-0.05, 0) is 31.4 Å². The summed E-state index contributed by atoms with van der Waals surface area (Å²) in [5, 5.41) is 38.1. The molecule has 0 saturated carbocycles. The summed E-state index contributed by atoms with van der Waals surface area (Å²) in [4.78, 5) is 24.5. The number of aromatic hydroxyl groups is 2. The summed E-state index contributed by atoms with van der Waals surface area (Å²) in [6, 6.07) is 14.8. The average molecular weight is 503 g/mol. The van der Waals surface area contributed by atoms with Crippen molar-refractivity contribution in [2.24, 2.45) is 20.5 Å². The molecule has 0 aliphatic carbocycles. The number of para-hydroxylation sites is 2. The molecule has 2 amide bonds. The molecule has 0 radical (unpaired) electrons. The van der Waals surface area contributed by atoms with Crippen molar-refractivity contribution in [2.45, 2.75) is 59.0 Å². The number of aryl methyl sites for hydroxylation is 2. The quantitative estimate of drug-likeness (QED) is 0.228. The molecule has 4 rings (SSSR count). The van der Waals surface area contributed by atoms with E-state index in [0.717, 1.165) is 23.9 Å². The highest BCUT2D eigenvalue weighted by molar-refractivity contribution is 5.96. The second-order valence-corrected chi connectivity index (χ2v) is 8.72. The first kappa shape index (κ1) is 25.7. The van der Waals surface area contributed by atoms with Gasteiger partial charge in [0.1, 0.15) is 0 Å². The van der Waals surface area contributed by atoms with E-state index in [1.54, 1.807) is 9.13 Å². The van der Waals surface area contributed by atoms with Gasteiger partial charge >= 0.3 is 0 Å². The normalized spacial score (nSPS) is 11.9. The Labute approximate surface area is 214 Å². The van der Waals surface area contributed by atoms with E-state index in [4.69, 9.17) is 0 Å². The second-order valence-electron chi connectivity index (χ2n) is 8.72. The standard InChI is InChI=1S/C27H30N6O4/c1-3-16-32-20-12-7-5-10-18(20)24(26(32)36)30-28-22(34)14-9-15-23(35)29-31-25-19-11-6-8-13-21(19)33(17-4-2)27(25)37/h5-8,10-13,36-37H,3-4,9,14-17H2,1-2H3. The Morgan fingerprint density at radius 3 is 1.51 bits per heavy atom. The second kappa shape index (κ2) is 11.6. The van der Waals surface area contributed by atoms with Crippen LogP contribution in [-0.4, -0.2) is 31.2 Å². The van der Waals surface area contributed by atoms with Gasteiger partial charge in [-0.25, -0.2) is 0 Å². The Kier molecular flexibility index (Phi) is 8.07. The molecule has 2 N–H and O–H groups in total. The number of aromatic nitrogens is 2. The Morgan fingerprint density at radius 2 is 1.11 bits per heavy atom. The Hall–Kier alpha value is -4.34. The van der Waals surface area contributed by atoms with Crippen LogP contribution < -0.4 is 0 Å². The number of rotatable bonds is 10. The third kappa shape index (κ3) is 5.42. The Balaban J connectivity index is 1.37. The largest absolute Gasteiger partial charge is 0.493 e. The topological polar surface area (TPSA) is 134 Å². The minimum absolute atomic E-state index is 0.000179. The fraction of sp³-hybridized carbons (Fsp3) is 0.333. The van der Waals surface area contributed by atoms with Gasteiger partial charge in [-0.1, -0.05) is 50.2 Å². The minimum Gasteiger partial charge on any atom is -0.493 e. The van der Waals surface area contributed by atoms with Gasteiger partial charge in [0.2, 0.25) is 11.8 Å². The van der Waals surface area contributed by atoms with Crippen molar-refractivity contribution in [3.05, 3.63) is 48.5 Å². The van der Waals surface area contributed by atoms with Crippen LogP contribution in [0.2, 0.25) is 0 Å². The average Bonchev–Trinajstić information content (AvgIpc) is 3.32. The highest BCUT2D eigenvalue weighted by Gasteiger charge is 2.17. The Morgan fingerprint density at radius 1 is 0.703 bits per heavy atom.